The number of hydrogen-bond donors (Lipinski definition) is 2. The zero-order valence-electron chi connectivity index (χ0n) is 13.7. The van der Waals surface area contributed by atoms with Gasteiger partial charge in [0.15, 0.2) is 0 Å². The molecule has 1 aromatic heterocycles. The van der Waals surface area contributed by atoms with Crippen LogP contribution < -0.4 is 10.6 Å². The first-order valence-corrected chi connectivity index (χ1v) is 8.63. The molecule has 7 heteroatoms. The molecule has 1 fully saturated rings. The SMILES string of the molecule is CC(Cc1cccs1)NC(=O)CCCN1C(=O)NC(C)(C)C1=O. The Kier molecular flexibility index (Phi) is 5.41. The van der Waals surface area contributed by atoms with Gasteiger partial charge in [0.2, 0.25) is 5.91 Å². The van der Waals surface area contributed by atoms with Crippen LogP contribution in [0, 0.1) is 0 Å². The number of nitrogens with zero attached hydrogens (tertiary/aromatic N) is 1. The van der Waals surface area contributed by atoms with Gasteiger partial charge in [-0.1, -0.05) is 6.07 Å². The van der Waals surface area contributed by atoms with E-state index in [2.05, 4.69) is 10.6 Å². The largest absolute Gasteiger partial charge is 0.353 e. The molecule has 2 rings (SSSR count). The molecule has 1 unspecified atom stereocenters. The van der Waals surface area contributed by atoms with Crippen LogP contribution in [0.1, 0.15) is 38.5 Å². The van der Waals surface area contributed by atoms with E-state index in [-0.39, 0.29) is 30.4 Å². The Balaban J connectivity index is 1.71. The molecule has 2 heterocycles. The van der Waals surface area contributed by atoms with E-state index in [0.29, 0.717) is 12.8 Å². The third-order valence-corrected chi connectivity index (χ3v) is 4.62. The highest BCUT2D eigenvalue weighted by molar-refractivity contribution is 7.09. The zero-order valence-corrected chi connectivity index (χ0v) is 14.5. The summed E-state index contributed by atoms with van der Waals surface area (Å²) in [5.41, 5.74) is -0.853. The summed E-state index contributed by atoms with van der Waals surface area (Å²) in [6.07, 6.45) is 1.57. The van der Waals surface area contributed by atoms with Crippen molar-refractivity contribution in [3.63, 3.8) is 0 Å². The van der Waals surface area contributed by atoms with E-state index >= 15 is 0 Å². The molecule has 1 aromatic rings. The molecular formula is C16H23N3O3S. The lowest BCUT2D eigenvalue weighted by Crippen LogP contribution is -2.40. The van der Waals surface area contributed by atoms with Crippen molar-refractivity contribution in [3.8, 4) is 0 Å². The van der Waals surface area contributed by atoms with Gasteiger partial charge < -0.3 is 10.6 Å². The summed E-state index contributed by atoms with van der Waals surface area (Å²) in [5.74, 6) is -0.297. The van der Waals surface area contributed by atoms with E-state index in [4.69, 9.17) is 0 Å². The minimum atomic E-state index is -0.853. The van der Waals surface area contributed by atoms with E-state index < -0.39 is 5.54 Å². The molecule has 0 bridgehead atoms. The molecule has 4 amide bonds. The van der Waals surface area contributed by atoms with Crippen LogP contribution in [-0.4, -0.2) is 40.9 Å². The molecule has 0 aromatic carbocycles. The van der Waals surface area contributed by atoms with Crippen molar-refractivity contribution in [3.05, 3.63) is 22.4 Å². The quantitative estimate of drug-likeness (QED) is 0.746. The predicted octanol–water partition coefficient (Wildman–Crippen LogP) is 1.91. The van der Waals surface area contributed by atoms with Gasteiger partial charge in [-0.2, -0.15) is 0 Å². The van der Waals surface area contributed by atoms with Crippen molar-refractivity contribution in [1.82, 2.24) is 15.5 Å². The first-order chi connectivity index (χ1) is 10.8. The number of rotatable bonds is 7. The lowest BCUT2D eigenvalue weighted by atomic mass is 10.1. The minimum absolute atomic E-state index is 0.0552. The summed E-state index contributed by atoms with van der Waals surface area (Å²) < 4.78 is 0. The molecule has 1 saturated heterocycles. The van der Waals surface area contributed by atoms with Crippen LogP contribution >= 0.6 is 11.3 Å². The molecule has 1 aliphatic rings. The Morgan fingerprint density at radius 3 is 2.74 bits per heavy atom. The molecular weight excluding hydrogens is 314 g/mol. The summed E-state index contributed by atoms with van der Waals surface area (Å²) in [7, 11) is 0. The second kappa shape index (κ2) is 7.12. The molecule has 126 valence electrons. The van der Waals surface area contributed by atoms with Gasteiger partial charge in [-0.3, -0.25) is 14.5 Å². The lowest BCUT2D eigenvalue weighted by Gasteiger charge is -2.16. The maximum atomic E-state index is 12.0. The number of nitrogens with one attached hydrogen (secondary N) is 2. The normalized spacial score (nSPS) is 18.0. The number of imide groups is 1. The lowest BCUT2D eigenvalue weighted by molar-refractivity contribution is -0.130. The van der Waals surface area contributed by atoms with E-state index in [0.717, 1.165) is 6.42 Å². The maximum Gasteiger partial charge on any atom is 0.325 e. The summed E-state index contributed by atoms with van der Waals surface area (Å²) >= 11 is 1.67. The Labute approximate surface area is 140 Å². The van der Waals surface area contributed by atoms with Gasteiger partial charge in [-0.25, -0.2) is 4.79 Å². The fraction of sp³-hybridized carbons (Fsp3) is 0.562. The second-order valence-corrected chi connectivity index (χ2v) is 7.40. The molecule has 0 radical (unpaired) electrons. The first-order valence-electron chi connectivity index (χ1n) is 7.75. The summed E-state index contributed by atoms with van der Waals surface area (Å²) in [5, 5.41) is 7.59. The molecule has 2 N–H and O–H groups in total. The van der Waals surface area contributed by atoms with Crippen molar-refractivity contribution in [2.24, 2.45) is 0 Å². The van der Waals surface area contributed by atoms with Gasteiger partial charge in [0.25, 0.3) is 5.91 Å². The average molecular weight is 337 g/mol. The maximum absolute atomic E-state index is 12.0. The van der Waals surface area contributed by atoms with Crippen LogP contribution in [0.2, 0.25) is 0 Å². The minimum Gasteiger partial charge on any atom is -0.353 e. The Morgan fingerprint density at radius 2 is 2.17 bits per heavy atom. The van der Waals surface area contributed by atoms with Crippen molar-refractivity contribution >= 4 is 29.2 Å². The molecule has 6 nitrogen and oxygen atoms in total. The third-order valence-electron chi connectivity index (χ3n) is 3.72. The van der Waals surface area contributed by atoms with E-state index in [1.165, 1.54) is 9.78 Å². The first kappa shape index (κ1) is 17.5. The number of carbonyl (C=O) groups excluding carboxylic acids is 3. The van der Waals surface area contributed by atoms with Crippen molar-refractivity contribution in [2.75, 3.05) is 6.54 Å². The topological polar surface area (TPSA) is 78.5 Å². The molecule has 23 heavy (non-hydrogen) atoms. The van der Waals surface area contributed by atoms with E-state index in [9.17, 15) is 14.4 Å². The predicted molar refractivity (Wildman–Crippen MR) is 89.2 cm³/mol. The van der Waals surface area contributed by atoms with Crippen LogP contribution in [0.25, 0.3) is 0 Å². The van der Waals surface area contributed by atoms with Gasteiger partial charge in [0.1, 0.15) is 5.54 Å². The Morgan fingerprint density at radius 1 is 1.43 bits per heavy atom. The highest BCUT2D eigenvalue weighted by Gasteiger charge is 2.43. The van der Waals surface area contributed by atoms with Gasteiger partial charge in [0.05, 0.1) is 0 Å². The van der Waals surface area contributed by atoms with Gasteiger partial charge >= 0.3 is 6.03 Å². The van der Waals surface area contributed by atoms with Crippen LogP contribution in [0.3, 0.4) is 0 Å². The second-order valence-electron chi connectivity index (χ2n) is 6.37. The van der Waals surface area contributed by atoms with Gasteiger partial charge in [0, 0.05) is 30.3 Å². The molecule has 0 spiro atoms. The van der Waals surface area contributed by atoms with E-state index in [1.54, 1.807) is 25.2 Å². The molecule has 0 saturated carbocycles. The van der Waals surface area contributed by atoms with Gasteiger partial charge in [-0.15, -0.1) is 11.3 Å². The fourth-order valence-corrected chi connectivity index (χ4v) is 3.38. The summed E-state index contributed by atoms with van der Waals surface area (Å²) in [4.78, 5) is 38.1. The van der Waals surface area contributed by atoms with Crippen molar-refractivity contribution in [1.29, 1.82) is 0 Å². The molecule has 0 aliphatic carbocycles. The van der Waals surface area contributed by atoms with Crippen molar-refractivity contribution < 1.29 is 14.4 Å². The van der Waals surface area contributed by atoms with Crippen LogP contribution in [0.4, 0.5) is 4.79 Å². The number of amides is 4. The third kappa shape index (κ3) is 4.54. The number of hydrogen-bond acceptors (Lipinski definition) is 4. The highest BCUT2D eigenvalue weighted by atomic mass is 32.1. The standard InChI is InChI=1S/C16H23N3O3S/c1-11(10-12-6-5-9-23-12)17-13(20)7-4-8-19-14(21)16(2,3)18-15(19)22/h5-6,9,11H,4,7-8,10H2,1-3H3,(H,17,20)(H,18,22). The van der Waals surface area contributed by atoms with Crippen LogP contribution in [-0.2, 0) is 16.0 Å². The fourth-order valence-electron chi connectivity index (χ4n) is 2.55. The van der Waals surface area contributed by atoms with E-state index in [1.807, 2.05) is 24.4 Å². The molecule has 1 aliphatic heterocycles. The monoisotopic (exact) mass is 337 g/mol. The number of thiophene rings is 1. The number of urea groups is 1. The van der Waals surface area contributed by atoms with Gasteiger partial charge in [-0.05, 0) is 38.6 Å². The summed E-state index contributed by atoms with van der Waals surface area (Å²) in [6.45, 7) is 5.58. The smallest absolute Gasteiger partial charge is 0.325 e. The highest BCUT2D eigenvalue weighted by Crippen LogP contribution is 2.17. The van der Waals surface area contributed by atoms with Crippen LogP contribution in [0.15, 0.2) is 17.5 Å². The van der Waals surface area contributed by atoms with Crippen LogP contribution in [0.5, 0.6) is 0 Å². The zero-order chi connectivity index (χ0) is 17.0. The Bertz CT molecular complexity index is 583. The molecule has 1 atom stereocenters. The average Bonchev–Trinajstić information content (AvgIpc) is 3.00. The Hall–Kier alpha value is -1.89. The number of carbonyl (C=O) groups is 3. The van der Waals surface area contributed by atoms with Crippen molar-refractivity contribution in [2.45, 2.75) is 51.6 Å². The summed E-state index contributed by atoms with van der Waals surface area (Å²) in [6, 6.07) is 3.73.